The molecule has 0 radical (unpaired) electrons. The van der Waals surface area contributed by atoms with Gasteiger partial charge in [-0.15, -0.1) is 0 Å². The number of hydrogen-bond donors (Lipinski definition) is 4. The molecule has 0 spiro atoms. The second-order valence-electron chi connectivity index (χ2n) is 5.10. The van der Waals surface area contributed by atoms with Crippen LogP contribution < -0.4 is 10.6 Å². The van der Waals surface area contributed by atoms with E-state index in [2.05, 4.69) is 10.6 Å². The van der Waals surface area contributed by atoms with E-state index in [4.69, 9.17) is 5.11 Å². The maximum Gasteiger partial charge on any atom is 0.337 e. The monoisotopic (exact) mass is 278 g/mol. The zero-order chi connectivity index (χ0) is 14.8. The number of rotatable bonds is 4. The highest BCUT2D eigenvalue weighted by Crippen LogP contribution is 2.34. The van der Waals surface area contributed by atoms with Gasteiger partial charge < -0.3 is 20.8 Å². The Morgan fingerprint density at radius 1 is 1.35 bits per heavy atom. The minimum Gasteiger partial charge on any atom is -0.508 e. The Bertz CT molecular complexity index is 532. The van der Waals surface area contributed by atoms with E-state index >= 15 is 0 Å². The van der Waals surface area contributed by atoms with E-state index in [1.165, 1.54) is 12.1 Å². The molecule has 0 bridgehead atoms. The number of aromatic hydroxyl groups is 1. The number of carbonyl (C=O) groups excluding carboxylic acids is 1. The molecule has 1 aromatic rings. The zero-order valence-corrected chi connectivity index (χ0v) is 11.3. The van der Waals surface area contributed by atoms with E-state index < -0.39 is 12.0 Å². The summed E-state index contributed by atoms with van der Waals surface area (Å²) < 4.78 is 0. The maximum atomic E-state index is 12.0. The molecule has 6 heteroatoms. The number of phenolic OH excluding ortho intramolecular Hbond substituents is 1. The van der Waals surface area contributed by atoms with Crippen LogP contribution in [-0.2, 0) is 0 Å². The van der Waals surface area contributed by atoms with Crippen LogP contribution in [0.25, 0.3) is 0 Å². The molecule has 0 heterocycles. The highest BCUT2D eigenvalue weighted by Gasteiger charge is 2.36. The van der Waals surface area contributed by atoms with Crippen molar-refractivity contribution < 1.29 is 19.8 Å². The Labute approximate surface area is 116 Å². The Hall–Kier alpha value is -2.24. The second-order valence-corrected chi connectivity index (χ2v) is 5.10. The lowest BCUT2D eigenvalue weighted by Crippen LogP contribution is -2.54. The molecule has 1 aliphatic carbocycles. The van der Waals surface area contributed by atoms with Gasteiger partial charge in [0.05, 0.1) is 11.3 Å². The van der Waals surface area contributed by atoms with Gasteiger partial charge in [0.2, 0.25) is 0 Å². The van der Waals surface area contributed by atoms with Crippen LogP contribution in [0, 0.1) is 0 Å². The van der Waals surface area contributed by atoms with Crippen molar-refractivity contribution >= 4 is 17.7 Å². The van der Waals surface area contributed by atoms with Crippen molar-refractivity contribution in [1.29, 1.82) is 0 Å². The van der Waals surface area contributed by atoms with Crippen molar-refractivity contribution in [1.82, 2.24) is 5.32 Å². The number of aromatic carboxylic acids is 1. The number of phenols is 1. The van der Waals surface area contributed by atoms with Gasteiger partial charge in [0.15, 0.2) is 0 Å². The topological polar surface area (TPSA) is 98.7 Å². The average Bonchev–Trinajstić information content (AvgIpc) is 2.36. The molecule has 0 unspecified atom stereocenters. The number of amides is 2. The summed E-state index contributed by atoms with van der Waals surface area (Å²) in [6.07, 6.45) is 3.83. The van der Waals surface area contributed by atoms with E-state index in [1.807, 2.05) is 6.92 Å². The molecule has 0 saturated heterocycles. The van der Waals surface area contributed by atoms with Crippen LogP contribution in [0.4, 0.5) is 10.5 Å². The van der Waals surface area contributed by atoms with Crippen LogP contribution in [-0.4, -0.2) is 27.8 Å². The quantitative estimate of drug-likeness (QED) is 0.636. The van der Waals surface area contributed by atoms with Crippen LogP contribution in [0.3, 0.4) is 0 Å². The predicted octanol–water partition coefficient (Wildman–Crippen LogP) is 2.54. The summed E-state index contributed by atoms with van der Waals surface area (Å²) in [7, 11) is 0. The molecule has 0 aliphatic heterocycles. The van der Waals surface area contributed by atoms with Crippen molar-refractivity contribution in [2.24, 2.45) is 0 Å². The number of carbonyl (C=O) groups is 2. The summed E-state index contributed by atoms with van der Waals surface area (Å²) in [5.41, 5.74) is -0.137. The first kappa shape index (κ1) is 14.2. The molecular formula is C14H18N2O4. The summed E-state index contributed by atoms with van der Waals surface area (Å²) in [5, 5.41) is 23.8. The highest BCUT2D eigenvalue weighted by atomic mass is 16.4. The minimum absolute atomic E-state index is 0.140. The number of carboxylic acids is 1. The lowest BCUT2D eigenvalue weighted by Gasteiger charge is -2.41. The van der Waals surface area contributed by atoms with Crippen LogP contribution in [0.15, 0.2) is 18.2 Å². The minimum atomic E-state index is -1.20. The summed E-state index contributed by atoms with van der Waals surface area (Å²) >= 11 is 0. The fourth-order valence-electron chi connectivity index (χ4n) is 2.38. The highest BCUT2D eigenvalue weighted by molar-refractivity contribution is 6.00. The third-order valence-electron chi connectivity index (χ3n) is 3.85. The van der Waals surface area contributed by atoms with Gasteiger partial charge in [-0.3, -0.25) is 0 Å². The van der Waals surface area contributed by atoms with E-state index in [-0.39, 0.29) is 22.5 Å². The van der Waals surface area contributed by atoms with E-state index in [0.29, 0.717) is 0 Å². The van der Waals surface area contributed by atoms with Crippen LogP contribution in [0.1, 0.15) is 43.0 Å². The molecule has 2 rings (SSSR count). The predicted molar refractivity (Wildman–Crippen MR) is 74.1 cm³/mol. The first-order chi connectivity index (χ1) is 9.46. The largest absolute Gasteiger partial charge is 0.508 e. The fraction of sp³-hybridized carbons (Fsp3) is 0.429. The van der Waals surface area contributed by atoms with Crippen molar-refractivity contribution in [3.8, 4) is 5.75 Å². The Morgan fingerprint density at radius 2 is 2.05 bits per heavy atom. The summed E-state index contributed by atoms with van der Waals surface area (Å²) in [6, 6.07) is 3.40. The van der Waals surface area contributed by atoms with E-state index in [1.54, 1.807) is 0 Å². The van der Waals surface area contributed by atoms with Gasteiger partial charge in [-0.25, -0.2) is 9.59 Å². The summed E-state index contributed by atoms with van der Waals surface area (Å²) in [6.45, 7) is 2.02. The molecule has 2 amide bonds. The molecule has 20 heavy (non-hydrogen) atoms. The molecule has 6 nitrogen and oxygen atoms in total. The van der Waals surface area contributed by atoms with Crippen LogP contribution in [0.2, 0.25) is 0 Å². The van der Waals surface area contributed by atoms with E-state index in [0.717, 1.165) is 31.7 Å². The lowest BCUT2D eigenvalue weighted by atomic mass is 9.75. The lowest BCUT2D eigenvalue weighted by molar-refractivity contribution is 0.0697. The SMILES string of the molecule is CCC1(NC(=O)Nc2ccc(O)cc2C(=O)O)CCC1. The van der Waals surface area contributed by atoms with Crippen molar-refractivity contribution in [3.63, 3.8) is 0 Å². The molecule has 1 aromatic carbocycles. The first-order valence-corrected chi connectivity index (χ1v) is 6.61. The van der Waals surface area contributed by atoms with Gasteiger partial charge in [-0.1, -0.05) is 6.92 Å². The zero-order valence-electron chi connectivity index (χ0n) is 11.3. The molecule has 1 saturated carbocycles. The molecule has 0 aromatic heterocycles. The van der Waals surface area contributed by atoms with Gasteiger partial charge in [0.1, 0.15) is 5.75 Å². The normalized spacial score (nSPS) is 16.1. The van der Waals surface area contributed by atoms with E-state index in [9.17, 15) is 14.7 Å². The Kier molecular flexibility index (Phi) is 3.83. The molecule has 1 fully saturated rings. The van der Waals surface area contributed by atoms with Gasteiger partial charge in [-0.05, 0) is 43.9 Å². The molecule has 4 N–H and O–H groups in total. The van der Waals surface area contributed by atoms with Crippen molar-refractivity contribution in [3.05, 3.63) is 23.8 Å². The summed E-state index contributed by atoms with van der Waals surface area (Å²) in [5.74, 6) is -1.36. The van der Waals surface area contributed by atoms with Gasteiger partial charge >= 0.3 is 12.0 Å². The van der Waals surface area contributed by atoms with Gasteiger partial charge in [0.25, 0.3) is 0 Å². The molecule has 0 atom stereocenters. The number of anilines is 1. The number of hydrogen-bond acceptors (Lipinski definition) is 3. The molecule has 1 aliphatic rings. The van der Waals surface area contributed by atoms with Crippen molar-refractivity contribution in [2.45, 2.75) is 38.1 Å². The number of urea groups is 1. The number of benzene rings is 1. The van der Waals surface area contributed by atoms with Crippen molar-refractivity contribution in [2.75, 3.05) is 5.32 Å². The maximum absolute atomic E-state index is 12.0. The standard InChI is InChI=1S/C14H18N2O4/c1-2-14(6-3-7-14)16-13(20)15-11-5-4-9(17)8-10(11)12(18)19/h4-5,8,17H,2-3,6-7H2,1H3,(H,18,19)(H2,15,16,20). The van der Waals surface area contributed by atoms with Crippen LogP contribution in [0.5, 0.6) is 5.75 Å². The smallest absolute Gasteiger partial charge is 0.337 e. The number of carboxylic acid groups (broad SMARTS) is 1. The summed E-state index contributed by atoms with van der Waals surface area (Å²) in [4.78, 5) is 23.0. The second kappa shape index (κ2) is 5.40. The van der Waals surface area contributed by atoms with Gasteiger partial charge in [-0.2, -0.15) is 0 Å². The average molecular weight is 278 g/mol. The number of nitrogens with one attached hydrogen (secondary N) is 2. The fourth-order valence-corrected chi connectivity index (χ4v) is 2.38. The third kappa shape index (κ3) is 2.84. The molecular weight excluding hydrogens is 260 g/mol. The Morgan fingerprint density at radius 3 is 2.55 bits per heavy atom. The van der Waals surface area contributed by atoms with Crippen LogP contribution >= 0.6 is 0 Å². The van der Waals surface area contributed by atoms with Gasteiger partial charge in [0, 0.05) is 5.54 Å². The first-order valence-electron chi connectivity index (χ1n) is 6.61. The molecule has 108 valence electrons. The Balaban J connectivity index is 2.10. The third-order valence-corrected chi connectivity index (χ3v) is 3.85.